The molecule has 0 spiro atoms. The van der Waals surface area contributed by atoms with Crippen molar-refractivity contribution in [3.63, 3.8) is 0 Å². The Balaban J connectivity index is 2.63. The van der Waals surface area contributed by atoms with Crippen LogP contribution in [0.25, 0.3) is 11.3 Å². The highest BCUT2D eigenvalue weighted by atomic mass is 19.4. The number of hydrogen-bond donors (Lipinski definition) is 3. The minimum absolute atomic E-state index is 0.179. The van der Waals surface area contributed by atoms with Crippen LogP contribution < -0.4 is 17.2 Å². The van der Waals surface area contributed by atoms with Gasteiger partial charge in [0.25, 0.3) is 0 Å². The first-order chi connectivity index (χ1) is 9.21. The van der Waals surface area contributed by atoms with Gasteiger partial charge in [-0.3, -0.25) is 0 Å². The smallest absolute Gasteiger partial charge is 0.397 e. The fraction of sp³-hybridized carbons (Fsp3) is 0.167. The minimum Gasteiger partial charge on any atom is -0.397 e. The molecule has 0 radical (unpaired) electrons. The number of anilines is 3. The minimum atomic E-state index is -4.56. The zero-order valence-electron chi connectivity index (χ0n) is 10.5. The average Bonchev–Trinajstić information content (AvgIpc) is 2.32. The Bertz CT molecular complexity index is 667. The number of nitrogens with zero attached hydrogens (tertiary/aromatic N) is 2. The Hall–Kier alpha value is -2.51. The van der Waals surface area contributed by atoms with Crippen LogP contribution in [-0.2, 0) is 6.18 Å². The molecule has 2 rings (SSSR count). The van der Waals surface area contributed by atoms with Gasteiger partial charge < -0.3 is 17.2 Å². The molecule has 0 aliphatic heterocycles. The molecule has 0 aliphatic rings. The number of rotatable bonds is 1. The quantitative estimate of drug-likeness (QED) is 0.696. The van der Waals surface area contributed by atoms with Gasteiger partial charge >= 0.3 is 6.18 Å². The number of benzene rings is 1. The van der Waals surface area contributed by atoms with E-state index in [1.54, 1.807) is 13.0 Å². The van der Waals surface area contributed by atoms with E-state index in [-0.39, 0.29) is 11.5 Å². The van der Waals surface area contributed by atoms with Crippen molar-refractivity contribution in [2.24, 2.45) is 0 Å². The summed E-state index contributed by atoms with van der Waals surface area (Å²) in [5.41, 5.74) is 16.2. The summed E-state index contributed by atoms with van der Waals surface area (Å²) in [5, 5.41) is 7.52. The van der Waals surface area contributed by atoms with Gasteiger partial charge in [-0.2, -0.15) is 13.2 Å². The number of hydrogen-bond acceptors (Lipinski definition) is 5. The van der Waals surface area contributed by atoms with Gasteiger partial charge in [-0.15, -0.1) is 10.2 Å². The van der Waals surface area contributed by atoms with Crippen molar-refractivity contribution in [3.8, 4) is 11.3 Å². The molecule has 2 aromatic rings. The standard InChI is InChI=1S/C12H12F3N5/c1-5-4-8(16)19-20-11(5)6-2-3-7(12(13,14)15)10(18)9(6)17/h2-4H,17-18H2,1H3,(H2,16,19). The van der Waals surface area contributed by atoms with Crippen LogP contribution in [0.5, 0.6) is 0 Å². The third-order valence-corrected chi connectivity index (χ3v) is 2.85. The normalized spacial score (nSPS) is 11.6. The number of aryl methyl sites for hydroxylation is 1. The molecule has 1 aromatic carbocycles. The number of alkyl halides is 3. The molecule has 0 fully saturated rings. The molecule has 1 heterocycles. The highest BCUT2D eigenvalue weighted by Gasteiger charge is 2.34. The first-order valence-corrected chi connectivity index (χ1v) is 5.57. The molecule has 6 N–H and O–H groups in total. The maximum absolute atomic E-state index is 12.7. The van der Waals surface area contributed by atoms with Crippen LogP contribution in [0.1, 0.15) is 11.1 Å². The van der Waals surface area contributed by atoms with Gasteiger partial charge in [0.1, 0.15) is 5.82 Å². The summed E-state index contributed by atoms with van der Waals surface area (Å²) in [4.78, 5) is 0. The lowest BCUT2D eigenvalue weighted by molar-refractivity contribution is -0.136. The van der Waals surface area contributed by atoms with Crippen molar-refractivity contribution in [3.05, 3.63) is 29.3 Å². The summed E-state index contributed by atoms with van der Waals surface area (Å²) < 4.78 is 38.1. The molecule has 0 atom stereocenters. The van der Waals surface area contributed by atoms with E-state index in [9.17, 15) is 13.2 Å². The molecule has 0 amide bonds. The van der Waals surface area contributed by atoms with Gasteiger partial charge in [0.2, 0.25) is 0 Å². The molecule has 0 saturated carbocycles. The Morgan fingerprint density at radius 2 is 1.65 bits per heavy atom. The highest BCUT2D eigenvalue weighted by Crippen LogP contribution is 2.40. The van der Waals surface area contributed by atoms with Gasteiger partial charge in [-0.1, -0.05) is 0 Å². The van der Waals surface area contributed by atoms with Crippen molar-refractivity contribution in [2.45, 2.75) is 13.1 Å². The maximum atomic E-state index is 12.7. The van der Waals surface area contributed by atoms with Crippen LogP contribution in [0.3, 0.4) is 0 Å². The van der Waals surface area contributed by atoms with Crippen molar-refractivity contribution in [1.82, 2.24) is 10.2 Å². The summed E-state index contributed by atoms with van der Waals surface area (Å²) in [6, 6.07) is 3.65. The van der Waals surface area contributed by atoms with E-state index >= 15 is 0 Å². The van der Waals surface area contributed by atoms with E-state index < -0.39 is 17.4 Å². The monoisotopic (exact) mass is 283 g/mol. The van der Waals surface area contributed by atoms with Crippen molar-refractivity contribution in [1.29, 1.82) is 0 Å². The van der Waals surface area contributed by atoms with Gasteiger partial charge in [0.05, 0.1) is 22.6 Å². The second kappa shape index (κ2) is 4.55. The van der Waals surface area contributed by atoms with E-state index in [1.807, 2.05) is 0 Å². The number of nitrogens with two attached hydrogens (primary N) is 3. The fourth-order valence-corrected chi connectivity index (χ4v) is 1.86. The Labute approximate surface area is 112 Å². The van der Waals surface area contributed by atoms with Crippen LogP contribution >= 0.6 is 0 Å². The SMILES string of the molecule is Cc1cc(N)nnc1-c1ccc(C(F)(F)F)c(N)c1N. The summed E-state index contributed by atoms with van der Waals surface area (Å²) in [6.07, 6.45) is -4.56. The molecule has 0 aliphatic carbocycles. The predicted molar refractivity (Wildman–Crippen MR) is 70.4 cm³/mol. The van der Waals surface area contributed by atoms with Gasteiger partial charge in [0.15, 0.2) is 0 Å². The molecule has 0 saturated heterocycles. The van der Waals surface area contributed by atoms with E-state index in [0.717, 1.165) is 6.07 Å². The van der Waals surface area contributed by atoms with Gasteiger partial charge in [0, 0.05) is 5.56 Å². The second-order valence-corrected chi connectivity index (χ2v) is 4.29. The molecule has 106 valence electrons. The maximum Gasteiger partial charge on any atom is 0.418 e. The molecule has 8 heteroatoms. The predicted octanol–water partition coefficient (Wildman–Crippen LogP) is 2.22. The first-order valence-electron chi connectivity index (χ1n) is 5.57. The van der Waals surface area contributed by atoms with Crippen LogP contribution in [-0.4, -0.2) is 10.2 Å². The highest BCUT2D eigenvalue weighted by molar-refractivity contribution is 5.86. The second-order valence-electron chi connectivity index (χ2n) is 4.29. The molecular formula is C12H12F3N5. The number of aromatic nitrogens is 2. The zero-order chi connectivity index (χ0) is 15.1. The van der Waals surface area contributed by atoms with Crippen molar-refractivity contribution < 1.29 is 13.2 Å². The van der Waals surface area contributed by atoms with Gasteiger partial charge in [-0.25, -0.2) is 0 Å². The largest absolute Gasteiger partial charge is 0.418 e. The third kappa shape index (κ3) is 2.31. The Morgan fingerprint density at radius 3 is 2.20 bits per heavy atom. The summed E-state index contributed by atoms with van der Waals surface area (Å²) in [7, 11) is 0. The molecule has 1 aromatic heterocycles. The molecule has 0 bridgehead atoms. The molecule has 5 nitrogen and oxygen atoms in total. The van der Waals surface area contributed by atoms with E-state index in [1.165, 1.54) is 6.07 Å². The number of nitrogen functional groups attached to an aromatic ring is 3. The van der Waals surface area contributed by atoms with Crippen LogP contribution in [0.4, 0.5) is 30.4 Å². The average molecular weight is 283 g/mol. The summed E-state index contributed by atoms with van der Waals surface area (Å²) >= 11 is 0. The van der Waals surface area contributed by atoms with Crippen LogP contribution in [0.2, 0.25) is 0 Å². The van der Waals surface area contributed by atoms with Gasteiger partial charge in [-0.05, 0) is 30.7 Å². The van der Waals surface area contributed by atoms with Crippen molar-refractivity contribution >= 4 is 17.2 Å². The molecule has 20 heavy (non-hydrogen) atoms. The first kappa shape index (κ1) is 13.9. The Kier molecular flexibility index (Phi) is 3.16. The van der Waals surface area contributed by atoms with E-state index in [4.69, 9.17) is 17.2 Å². The van der Waals surface area contributed by atoms with Crippen LogP contribution in [0.15, 0.2) is 18.2 Å². The fourth-order valence-electron chi connectivity index (χ4n) is 1.86. The molecular weight excluding hydrogens is 271 g/mol. The summed E-state index contributed by atoms with van der Waals surface area (Å²) in [5.74, 6) is 0.213. The zero-order valence-corrected chi connectivity index (χ0v) is 10.5. The number of halogens is 3. The van der Waals surface area contributed by atoms with E-state index in [0.29, 0.717) is 16.8 Å². The molecule has 0 unspecified atom stereocenters. The topological polar surface area (TPSA) is 104 Å². The Morgan fingerprint density at radius 1 is 1.00 bits per heavy atom. The van der Waals surface area contributed by atoms with Crippen LogP contribution in [0, 0.1) is 6.92 Å². The van der Waals surface area contributed by atoms with Crippen molar-refractivity contribution in [2.75, 3.05) is 17.2 Å². The lowest BCUT2D eigenvalue weighted by atomic mass is 10.0. The lowest BCUT2D eigenvalue weighted by Crippen LogP contribution is -2.11. The third-order valence-electron chi connectivity index (χ3n) is 2.85. The lowest BCUT2D eigenvalue weighted by Gasteiger charge is -2.15. The van der Waals surface area contributed by atoms with E-state index in [2.05, 4.69) is 10.2 Å². The summed E-state index contributed by atoms with van der Waals surface area (Å²) in [6.45, 7) is 1.70.